The van der Waals surface area contributed by atoms with E-state index in [1.807, 2.05) is 27.4 Å². The summed E-state index contributed by atoms with van der Waals surface area (Å²) in [6.45, 7) is 9.88. The molecular weight excluding hydrogens is 823 g/mol. The zero-order chi connectivity index (χ0) is 35.8. The Bertz CT molecular complexity index is 1290. The summed E-state index contributed by atoms with van der Waals surface area (Å²) in [4.78, 5) is 66.7. The second-order valence-corrected chi connectivity index (χ2v) is 12.4. The van der Waals surface area contributed by atoms with E-state index in [-0.39, 0.29) is 91.8 Å². The molecular formula is C32H39BrClKN2O8S4. The average Bonchev–Trinajstić information content (AvgIpc) is 3.47. The van der Waals surface area contributed by atoms with E-state index >= 15 is 0 Å². The molecule has 0 aliphatic carbocycles. The molecule has 2 heterocycles. The van der Waals surface area contributed by atoms with E-state index in [1.165, 1.54) is 21.6 Å². The number of alkyl halides is 1. The van der Waals surface area contributed by atoms with E-state index in [4.69, 9.17) is 26.5 Å². The molecule has 2 aromatic rings. The van der Waals surface area contributed by atoms with Crippen LogP contribution in [0.4, 0.5) is 0 Å². The number of ether oxygens (including phenoxy) is 2. The molecule has 0 spiro atoms. The van der Waals surface area contributed by atoms with Gasteiger partial charge in [0.2, 0.25) is 4.38 Å². The van der Waals surface area contributed by atoms with Crippen LogP contribution in [0.25, 0.3) is 0 Å². The number of unbranched alkanes of at least 4 members (excludes halogenated alkanes) is 2. The van der Waals surface area contributed by atoms with Crippen molar-refractivity contribution in [2.24, 2.45) is 0 Å². The molecule has 0 atom stereocenters. The minimum Gasteiger partial charge on any atom is -0.514 e. The number of imide groups is 2. The fraction of sp³-hybridized carbons (Fsp3) is 0.375. The van der Waals surface area contributed by atoms with Crippen LogP contribution in [-0.2, 0) is 31.7 Å². The van der Waals surface area contributed by atoms with Crippen LogP contribution in [-0.4, -0.2) is 93.2 Å². The SMILES string of the molecule is C=O.C=O.CCOC(=S)SCCCCN1C(=O)c2ccccc2C1=O.CCOC(=S)[S-].Cl.O=C1c2ccccc2C(=O)N1CCCCBr.[K+]. The molecule has 0 unspecified atom stereocenters. The maximum Gasteiger partial charge on any atom is 1.00 e. The standard InChI is InChI=1S/C15H17NO3S2.C12H12BrNO2.C3H6OS2.2CH2O.ClH.K/c1-2-19-15(20)21-10-6-5-9-16-13(17)11-7-3-4-8-12(11)14(16)18;13-7-3-4-8-14-11(15)9-5-1-2-6-10(9)12(14)16;1-2-4-3(5)6;2*1-2;;/h3-4,7-8H,2,5-6,9-10H2,1H3;1-2,5-6H,3-4,7-8H2;2H2,1H3,(H,5,6);2*1H2;1H;/q;;;;;;+1/p-1. The van der Waals surface area contributed by atoms with Gasteiger partial charge in [-0.2, -0.15) is 0 Å². The molecule has 0 radical (unpaired) electrons. The predicted octanol–water partition coefficient (Wildman–Crippen LogP) is 3.49. The largest absolute Gasteiger partial charge is 1.00 e. The third-order valence-electron chi connectivity index (χ3n) is 6.04. The van der Waals surface area contributed by atoms with Crippen molar-refractivity contribution in [3.63, 3.8) is 0 Å². The summed E-state index contributed by atoms with van der Waals surface area (Å²) in [6, 6.07) is 13.9. The first-order chi connectivity index (χ1) is 22.7. The normalized spacial score (nSPS) is 11.6. The Morgan fingerprint density at radius 1 is 0.714 bits per heavy atom. The van der Waals surface area contributed by atoms with Crippen LogP contribution in [0.1, 0.15) is 81.0 Å². The topological polar surface area (TPSA) is 127 Å². The summed E-state index contributed by atoms with van der Waals surface area (Å²) in [7, 11) is 0. The maximum absolute atomic E-state index is 12.1. The van der Waals surface area contributed by atoms with Gasteiger partial charge in [0.1, 0.15) is 13.6 Å². The van der Waals surface area contributed by atoms with Crippen molar-refractivity contribution in [2.45, 2.75) is 39.5 Å². The smallest absolute Gasteiger partial charge is 0.514 e. The number of halogens is 2. The molecule has 17 heteroatoms. The van der Waals surface area contributed by atoms with Gasteiger partial charge in [-0.05, 0) is 76.0 Å². The maximum atomic E-state index is 12.1. The first-order valence-electron chi connectivity index (χ1n) is 14.3. The molecule has 264 valence electrons. The number of hydrogen-bond acceptors (Lipinski definition) is 12. The van der Waals surface area contributed by atoms with E-state index in [2.05, 4.69) is 45.5 Å². The van der Waals surface area contributed by atoms with E-state index in [0.717, 1.165) is 36.8 Å². The molecule has 2 aliphatic heterocycles. The number of fused-ring (bicyclic) bond motifs is 2. The molecule has 0 saturated carbocycles. The molecule has 49 heavy (non-hydrogen) atoms. The summed E-state index contributed by atoms with van der Waals surface area (Å²) >= 11 is 18.6. The fourth-order valence-electron chi connectivity index (χ4n) is 4.05. The Labute approximate surface area is 365 Å². The summed E-state index contributed by atoms with van der Waals surface area (Å²) in [5.74, 6) is 0.147. The number of benzene rings is 2. The monoisotopic (exact) mass is 860 g/mol. The minimum absolute atomic E-state index is 0. The van der Waals surface area contributed by atoms with Crippen molar-refractivity contribution >= 4 is 123 Å². The number of amides is 4. The van der Waals surface area contributed by atoms with Crippen LogP contribution in [0.15, 0.2) is 48.5 Å². The summed E-state index contributed by atoms with van der Waals surface area (Å²) < 4.78 is 10.5. The van der Waals surface area contributed by atoms with Crippen LogP contribution in [0, 0.1) is 0 Å². The molecule has 2 aliphatic rings. The van der Waals surface area contributed by atoms with Crippen LogP contribution in [0.3, 0.4) is 0 Å². The number of carbonyl (C=O) groups excluding carboxylic acids is 6. The minimum atomic E-state index is -0.187. The van der Waals surface area contributed by atoms with Gasteiger partial charge in [-0.15, -0.1) is 12.4 Å². The van der Waals surface area contributed by atoms with Crippen molar-refractivity contribution in [1.29, 1.82) is 0 Å². The zero-order valence-corrected chi connectivity index (χ0v) is 36.5. The molecule has 0 saturated heterocycles. The van der Waals surface area contributed by atoms with E-state index in [0.29, 0.717) is 52.9 Å². The van der Waals surface area contributed by atoms with Crippen LogP contribution < -0.4 is 51.4 Å². The van der Waals surface area contributed by atoms with Gasteiger partial charge in [0.05, 0.1) is 35.5 Å². The number of rotatable bonds is 11. The van der Waals surface area contributed by atoms with E-state index in [9.17, 15) is 19.2 Å². The molecule has 4 rings (SSSR count). The van der Waals surface area contributed by atoms with Crippen molar-refractivity contribution in [2.75, 3.05) is 37.4 Å². The molecule has 0 aromatic heterocycles. The van der Waals surface area contributed by atoms with Crippen molar-refractivity contribution in [1.82, 2.24) is 9.80 Å². The van der Waals surface area contributed by atoms with Crippen molar-refractivity contribution in [3.05, 3.63) is 70.8 Å². The van der Waals surface area contributed by atoms with Crippen molar-refractivity contribution in [3.8, 4) is 0 Å². The van der Waals surface area contributed by atoms with Gasteiger partial charge in [-0.1, -0.05) is 52.0 Å². The number of hydrogen-bond donors (Lipinski definition) is 0. The van der Waals surface area contributed by atoms with Crippen LogP contribution in [0.2, 0.25) is 0 Å². The zero-order valence-electron chi connectivity index (χ0n) is 27.7. The fourth-order valence-corrected chi connectivity index (χ4v) is 5.77. The molecule has 4 amide bonds. The number of thioether (sulfide) groups is 1. The average molecular weight is 862 g/mol. The Morgan fingerprint density at radius 3 is 1.35 bits per heavy atom. The quantitative estimate of drug-likeness (QED) is 0.0821. The summed E-state index contributed by atoms with van der Waals surface area (Å²) in [5, 5.41) is 0.899. The number of thiocarbonyl (C=S) groups is 2. The number of carbonyl (C=O) groups is 6. The van der Waals surface area contributed by atoms with Crippen LogP contribution in [0.5, 0.6) is 0 Å². The van der Waals surface area contributed by atoms with Gasteiger partial charge in [0, 0.05) is 28.6 Å². The molecule has 0 fully saturated rings. The molecule has 10 nitrogen and oxygen atoms in total. The van der Waals surface area contributed by atoms with Gasteiger partial charge < -0.3 is 43.9 Å². The van der Waals surface area contributed by atoms with Gasteiger partial charge in [-0.25, -0.2) is 0 Å². The Balaban J connectivity index is -0.000000671. The van der Waals surface area contributed by atoms with E-state index in [1.54, 1.807) is 48.5 Å². The third kappa shape index (κ3) is 18.2. The van der Waals surface area contributed by atoms with E-state index < -0.39 is 0 Å². The first-order valence-corrected chi connectivity index (χ1v) is 17.7. The van der Waals surface area contributed by atoms with Gasteiger partial charge in [-0.3, -0.25) is 29.0 Å². The summed E-state index contributed by atoms with van der Waals surface area (Å²) in [6.07, 6.45) is 3.46. The number of nitrogens with zero attached hydrogens (tertiary/aromatic N) is 2. The van der Waals surface area contributed by atoms with Crippen molar-refractivity contribution < 1.29 is 89.6 Å². The van der Waals surface area contributed by atoms with Gasteiger partial charge in [0.15, 0.2) is 0 Å². The summed E-state index contributed by atoms with van der Waals surface area (Å²) in [5.41, 5.74) is 2.08. The van der Waals surface area contributed by atoms with Gasteiger partial charge >= 0.3 is 51.4 Å². The first kappa shape index (κ1) is 52.2. The Hall–Kier alpha value is -1.18. The second-order valence-electron chi connectivity index (χ2n) is 8.93. The third-order valence-corrected chi connectivity index (χ3v) is 8.16. The molecule has 2 aromatic carbocycles. The molecule has 0 bridgehead atoms. The second kappa shape index (κ2) is 31.5. The predicted molar refractivity (Wildman–Crippen MR) is 206 cm³/mol. The Kier molecular flexibility index (Phi) is 33.6. The van der Waals surface area contributed by atoms with Crippen LogP contribution >= 0.6 is 64.5 Å². The Morgan fingerprint density at radius 2 is 1.06 bits per heavy atom. The van der Waals surface area contributed by atoms with Gasteiger partial charge in [0.25, 0.3) is 23.6 Å². The molecule has 0 N–H and O–H groups in total.